The van der Waals surface area contributed by atoms with E-state index in [1.807, 2.05) is 30.3 Å². The topological polar surface area (TPSA) is 157 Å². The molecule has 2 aromatic rings. The second kappa shape index (κ2) is 14.3. The Kier molecular flexibility index (Phi) is 11.5. The fourth-order valence-electron chi connectivity index (χ4n) is 3.28. The highest BCUT2D eigenvalue weighted by atomic mass is 16.7. The number of H-pyrrole nitrogens is 1. The Balaban J connectivity index is 2.08. The molecule has 0 aliphatic heterocycles. The Morgan fingerprint density at radius 2 is 1.89 bits per heavy atom. The van der Waals surface area contributed by atoms with Crippen LogP contribution in [0.1, 0.15) is 35.2 Å². The van der Waals surface area contributed by atoms with E-state index in [0.717, 1.165) is 5.56 Å². The second-order valence-electron chi connectivity index (χ2n) is 8.15. The van der Waals surface area contributed by atoms with Crippen molar-refractivity contribution in [2.45, 2.75) is 38.5 Å². The third kappa shape index (κ3) is 9.21. The van der Waals surface area contributed by atoms with Crippen LogP contribution in [0.5, 0.6) is 0 Å². The zero-order chi connectivity index (χ0) is 25.8. The minimum Gasteiger partial charge on any atom is -0.480 e. The number of carbonyl (C=O) groups is 3. The van der Waals surface area contributed by atoms with Gasteiger partial charge in [-0.15, -0.1) is 0 Å². The zero-order valence-electron chi connectivity index (χ0n) is 20.3. The van der Waals surface area contributed by atoms with E-state index in [-0.39, 0.29) is 37.1 Å². The van der Waals surface area contributed by atoms with Crippen LogP contribution in [0.3, 0.4) is 0 Å². The van der Waals surface area contributed by atoms with Crippen LogP contribution in [0.15, 0.2) is 36.5 Å². The Hall–Kier alpha value is -3.12. The lowest BCUT2D eigenvalue weighted by Gasteiger charge is -2.26. The minimum atomic E-state index is -1.15. The molecule has 1 aromatic heterocycles. The van der Waals surface area contributed by atoms with E-state index in [2.05, 4.69) is 9.97 Å². The largest absolute Gasteiger partial charge is 0.480 e. The first kappa shape index (κ1) is 28.1. The summed E-state index contributed by atoms with van der Waals surface area (Å²) in [7, 11) is 3.17. The number of aromatic nitrogens is 2. The van der Waals surface area contributed by atoms with E-state index in [1.54, 1.807) is 21.1 Å². The number of benzene rings is 1. The lowest BCUT2D eigenvalue weighted by Crippen LogP contribution is -2.39. The van der Waals surface area contributed by atoms with Crippen molar-refractivity contribution in [3.63, 3.8) is 0 Å². The Bertz CT molecular complexity index is 950. The van der Waals surface area contributed by atoms with E-state index in [1.165, 1.54) is 11.1 Å². The van der Waals surface area contributed by atoms with E-state index in [9.17, 15) is 14.4 Å². The molecule has 3 atom stereocenters. The summed E-state index contributed by atoms with van der Waals surface area (Å²) < 4.78 is 15.7. The SMILES string of the molecule is COCCOCO[C@H](C)N(C)C(=O)C[C@@H](Cc1ccccc1)C(=O)c1ncc(C[C@@H](N)C(=O)O)[nH]1. The van der Waals surface area contributed by atoms with Gasteiger partial charge >= 0.3 is 5.97 Å². The van der Waals surface area contributed by atoms with Crippen molar-refractivity contribution in [1.29, 1.82) is 0 Å². The van der Waals surface area contributed by atoms with Crippen LogP contribution < -0.4 is 5.73 Å². The van der Waals surface area contributed by atoms with Crippen LogP contribution in [-0.4, -0.2) is 84.1 Å². The summed E-state index contributed by atoms with van der Waals surface area (Å²) in [6.07, 6.45) is 1.10. The van der Waals surface area contributed by atoms with Gasteiger partial charge in [0, 0.05) is 44.8 Å². The molecule has 0 saturated carbocycles. The van der Waals surface area contributed by atoms with Gasteiger partial charge in [0.15, 0.2) is 5.82 Å². The Morgan fingerprint density at radius 1 is 1.17 bits per heavy atom. The molecule has 0 radical (unpaired) electrons. The van der Waals surface area contributed by atoms with Crippen LogP contribution in [0.4, 0.5) is 0 Å². The van der Waals surface area contributed by atoms with Gasteiger partial charge in [0.05, 0.1) is 13.2 Å². The summed E-state index contributed by atoms with van der Waals surface area (Å²) in [5.74, 6) is -2.40. The zero-order valence-corrected chi connectivity index (χ0v) is 20.3. The highest BCUT2D eigenvalue weighted by Crippen LogP contribution is 2.19. The van der Waals surface area contributed by atoms with Crippen molar-refractivity contribution in [3.8, 4) is 0 Å². The lowest BCUT2D eigenvalue weighted by atomic mass is 9.91. The molecule has 0 unspecified atom stereocenters. The molecule has 0 bridgehead atoms. The third-order valence-electron chi connectivity index (χ3n) is 5.50. The van der Waals surface area contributed by atoms with E-state index in [0.29, 0.717) is 25.3 Å². The summed E-state index contributed by atoms with van der Waals surface area (Å²) in [4.78, 5) is 45.7. The van der Waals surface area contributed by atoms with Crippen molar-refractivity contribution in [3.05, 3.63) is 53.6 Å². The van der Waals surface area contributed by atoms with Crippen LogP contribution in [0, 0.1) is 5.92 Å². The number of aliphatic carboxylic acids is 1. The number of amides is 1. The molecular weight excluding hydrogens is 456 g/mol. The molecule has 1 heterocycles. The number of hydrogen-bond donors (Lipinski definition) is 3. The highest BCUT2D eigenvalue weighted by Gasteiger charge is 2.29. The van der Waals surface area contributed by atoms with E-state index >= 15 is 0 Å². The Labute approximate surface area is 204 Å². The molecule has 0 saturated heterocycles. The molecule has 4 N–H and O–H groups in total. The van der Waals surface area contributed by atoms with Gasteiger partial charge in [0.2, 0.25) is 11.7 Å². The van der Waals surface area contributed by atoms with E-state index < -0.39 is 24.2 Å². The van der Waals surface area contributed by atoms with Crippen molar-refractivity contribution in [2.24, 2.45) is 11.7 Å². The second-order valence-corrected chi connectivity index (χ2v) is 8.15. The first-order valence-electron chi connectivity index (χ1n) is 11.3. The van der Waals surface area contributed by atoms with Gasteiger partial charge in [0.1, 0.15) is 19.1 Å². The van der Waals surface area contributed by atoms with Crippen molar-refractivity contribution in [1.82, 2.24) is 14.9 Å². The smallest absolute Gasteiger partial charge is 0.320 e. The van der Waals surface area contributed by atoms with Crippen molar-refractivity contribution in [2.75, 3.05) is 34.2 Å². The number of aromatic amines is 1. The first-order valence-corrected chi connectivity index (χ1v) is 11.3. The van der Waals surface area contributed by atoms with Crippen LogP contribution in [0.25, 0.3) is 0 Å². The number of nitrogens with zero attached hydrogens (tertiary/aromatic N) is 2. The van der Waals surface area contributed by atoms with Crippen molar-refractivity contribution < 1.29 is 33.7 Å². The number of Topliss-reactive ketones (excluding diaryl/α,β-unsaturated/α-hetero) is 1. The summed E-state index contributed by atoms with van der Waals surface area (Å²) in [5, 5.41) is 9.01. The highest BCUT2D eigenvalue weighted by molar-refractivity contribution is 5.97. The number of nitrogens with two attached hydrogens (primary N) is 1. The number of rotatable bonds is 16. The molecule has 0 aliphatic carbocycles. The number of nitrogens with one attached hydrogen (secondary N) is 1. The number of ketones is 1. The summed E-state index contributed by atoms with van der Waals surface area (Å²) in [6, 6.07) is 8.25. The number of carboxylic acids is 1. The predicted octanol–water partition coefficient (Wildman–Crippen LogP) is 1.24. The minimum absolute atomic E-state index is 0.00192. The molecule has 192 valence electrons. The maximum absolute atomic E-state index is 13.3. The quantitative estimate of drug-likeness (QED) is 0.179. The summed E-state index contributed by atoms with van der Waals surface area (Å²) in [6.45, 7) is 2.53. The summed E-state index contributed by atoms with van der Waals surface area (Å²) >= 11 is 0. The molecule has 0 fully saturated rings. The fourth-order valence-corrected chi connectivity index (χ4v) is 3.28. The number of carboxylic acid groups (broad SMARTS) is 1. The average molecular weight is 491 g/mol. The molecule has 2 rings (SSSR count). The van der Waals surface area contributed by atoms with Gasteiger partial charge in [-0.05, 0) is 18.9 Å². The molecule has 35 heavy (non-hydrogen) atoms. The molecule has 0 spiro atoms. The average Bonchev–Trinajstić information content (AvgIpc) is 3.31. The molecule has 1 amide bonds. The van der Waals surface area contributed by atoms with Gasteiger partial charge in [-0.25, -0.2) is 4.98 Å². The standard InChI is InChI=1S/C24H34N4O7/c1-16(35-15-34-10-9-33-3)28(2)21(29)12-18(11-17-7-5-4-6-8-17)22(30)23-26-14-19(27-23)13-20(25)24(31)32/h4-8,14,16,18,20H,9-13,15,25H2,1-3H3,(H,26,27)(H,31,32)/t16-,18-,20-/m1/s1. The molecule has 11 nitrogen and oxygen atoms in total. The van der Waals surface area contributed by atoms with Crippen LogP contribution in [0.2, 0.25) is 0 Å². The first-order chi connectivity index (χ1) is 16.7. The number of methoxy groups -OCH3 is 1. The molecule has 11 heteroatoms. The fraction of sp³-hybridized carbons (Fsp3) is 0.500. The molecule has 0 aliphatic rings. The van der Waals surface area contributed by atoms with E-state index in [4.69, 9.17) is 25.1 Å². The number of ether oxygens (including phenoxy) is 3. The maximum Gasteiger partial charge on any atom is 0.320 e. The van der Waals surface area contributed by atoms with Gasteiger partial charge in [-0.3, -0.25) is 14.4 Å². The van der Waals surface area contributed by atoms with Crippen LogP contribution in [-0.2, 0) is 36.6 Å². The number of hydrogen-bond acceptors (Lipinski definition) is 8. The monoisotopic (exact) mass is 490 g/mol. The number of carbonyl (C=O) groups excluding carboxylic acids is 2. The normalized spacial score (nSPS) is 13.7. The number of imidazole rings is 1. The summed E-state index contributed by atoms with van der Waals surface area (Å²) in [5.41, 5.74) is 6.90. The van der Waals surface area contributed by atoms with Crippen LogP contribution >= 0.6 is 0 Å². The predicted molar refractivity (Wildman–Crippen MR) is 126 cm³/mol. The maximum atomic E-state index is 13.3. The lowest BCUT2D eigenvalue weighted by molar-refractivity contribution is -0.158. The van der Waals surface area contributed by atoms with Gasteiger partial charge in [-0.1, -0.05) is 30.3 Å². The Morgan fingerprint density at radius 3 is 2.54 bits per heavy atom. The van der Waals surface area contributed by atoms with Gasteiger partial charge in [-0.2, -0.15) is 0 Å². The van der Waals surface area contributed by atoms with Gasteiger partial charge < -0.3 is 34.9 Å². The van der Waals surface area contributed by atoms with Gasteiger partial charge in [0.25, 0.3) is 0 Å². The molecule has 1 aromatic carbocycles. The van der Waals surface area contributed by atoms with Crippen molar-refractivity contribution >= 4 is 17.7 Å². The molecular formula is C24H34N4O7. The third-order valence-corrected chi connectivity index (χ3v) is 5.50.